The second-order valence-electron chi connectivity index (χ2n) is 12.4. The molecule has 2 heteroatoms. The molecule has 0 aromatic heterocycles. The lowest BCUT2D eigenvalue weighted by Crippen LogP contribution is -2.40. The van der Waals surface area contributed by atoms with Crippen LogP contribution in [0, 0.1) is 6.92 Å². The summed E-state index contributed by atoms with van der Waals surface area (Å²) in [7, 11) is 0. The van der Waals surface area contributed by atoms with E-state index >= 15 is 0 Å². The molecule has 1 aliphatic heterocycles. The van der Waals surface area contributed by atoms with Gasteiger partial charge in [0.1, 0.15) is 5.84 Å². The Kier molecular flexibility index (Phi) is 6.71. The molecule has 0 saturated carbocycles. The first-order valence-corrected chi connectivity index (χ1v) is 16.1. The van der Waals surface area contributed by atoms with Crippen LogP contribution in [-0.2, 0) is 0 Å². The standard InChI is InChI=1S/C41H38N2/c1-28-21-26-35-36(27-28)40(34-18-12-11-17-33(34)39(35)29-13-5-2-6-14-29)30-22-24-32(25-23-30)43-38-20-10-4-9-19-37(38)42-41(43)31-15-7-3-8-16-31/h2,4-7,10,13-18,21-27,37-38H,3,8-9,11-12,19-20H2,1H3. The molecule has 0 fully saturated rings. The Balaban J connectivity index is 1.29. The largest absolute Gasteiger partial charge is 0.321 e. The van der Waals surface area contributed by atoms with Crippen LogP contribution in [0.25, 0.3) is 45.2 Å². The second-order valence-corrected chi connectivity index (χ2v) is 12.4. The highest BCUT2D eigenvalue weighted by atomic mass is 15.3. The third-order valence-corrected chi connectivity index (χ3v) is 9.62. The Bertz CT molecular complexity index is 1950. The van der Waals surface area contributed by atoms with Gasteiger partial charge in [-0.1, -0.05) is 109 Å². The average molecular weight is 559 g/mol. The number of hydrogen-bond acceptors (Lipinski definition) is 2. The summed E-state index contributed by atoms with van der Waals surface area (Å²) >= 11 is 0. The van der Waals surface area contributed by atoms with E-state index in [4.69, 9.17) is 4.99 Å². The Morgan fingerprint density at radius 1 is 0.674 bits per heavy atom. The maximum absolute atomic E-state index is 5.35. The lowest BCUT2D eigenvalue weighted by atomic mass is 9.85. The van der Waals surface area contributed by atoms with Gasteiger partial charge in [0.25, 0.3) is 0 Å². The van der Waals surface area contributed by atoms with Crippen molar-refractivity contribution in [3.05, 3.63) is 125 Å². The van der Waals surface area contributed by atoms with Crippen molar-refractivity contribution in [3.63, 3.8) is 0 Å². The smallest absolute Gasteiger partial charge is 0.135 e. The molecule has 43 heavy (non-hydrogen) atoms. The van der Waals surface area contributed by atoms with Gasteiger partial charge in [0, 0.05) is 11.3 Å². The van der Waals surface area contributed by atoms with Gasteiger partial charge in [-0.05, 0) is 107 Å². The quantitative estimate of drug-likeness (QED) is 0.229. The molecule has 0 bridgehead atoms. The number of anilines is 1. The summed E-state index contributed by atoms with van der Waals surface area (Å²) in [6, 6.07) is 28.1. The van der Waals surface area contributed by atoms with Crippen molar-refractivity contribution in [1.82, 2.24) is 0 Å². The van der Waals surface area contributed by atoms with Crippen LogP contribution in [-0.4, -0.2) is 17.9 Å². The molecule has 1 heterocycles. The van der Waals surface area contributed by atoms with Gasteiger partial charge in [0.2, 0.25) is 0 Å². The number of allylic oxidation sites excluding steroid dienone is 3. The van der Waals surface area contributed by atoms with Crippen LogP contribution in [0.15, 0.2) is 114 Å². The van der Waals surface area contributed by atoms with Crippen LogP contribution in [0.4, 0.5) is 5.69 Å². The first-order chi connectivity index (χ1) is 21.3. The molecule has 4 aromatic rings. The molecule has 0 saturated heterocycles. The van der Waals surface area contributed by atoms with Crippen molar-refractivity contribution in [2.75, 3.05) is 4.90 Å². The van der Waals surface area contributed by atoms with Crippen LogP contribution >= 0.6 is 0 Å². The number of nitrogens with zero attached hydrogens (tertiary/aromatic N) is 2. The normalized spacial score (nSPS) is 20.9. The van der Waals surface area contributed by atoms with Crippen LogP contribution in [0.5, 0.6) is 0 Å². The zero-order chi connectivity index (χ0) is 28.8. The minimum atomic E-state index is 0.343. The number of aryl methyl sites for hydroxylation is 1. The highest BCUT2D eigenvalue weighted by molar-refractivity contribution is 6.13. The Morgan fingerprint density at radius 3 is 2.19 bits per heavy atom. The average Bonchev–Trinajstić information content (AvgIpc) is 3.26. The predicted octanol–water partition coefficient (Wildman–Crippen LogP) is 8.81. The van der Waals surface area contributed by atoms with Crippen molar-refractivity contribution in [2.45, 2.75) is 64.0 Å². The van der Waals surface area contributed by atoms with Gasteiger partial charge in [0.15, 0.2) is 0 Å². The van der Waals surface area contributed by atoms with Crippen molar-refractivity contribution in [3.8, 4) is 22.3 Å². The van der Waals surface area contributed by atoms with Crippen LogP contribution in [0.3, 0.4) is 0 Å². The summed E-state index contributed by atoms with van der Waals surface area (Å²) in [5.41, 5.74) is 9.12. The maximum atomic E-state index is 5.35. The third kappa shape index (κ3) is 4.61. The van der Waals surface area contributed by atoms with E-state index in [0.717, 1.165) is 50.8 Å². The summed E-state index contributed by atoms with van der Waals surface area (Å²) in [6.45, 7) is 2.21. The number of hydrogen-bond donors (Lipinski definition) is 0. The highest BCUT2D eigenvalue weighted by Gasteiger charge is 2.37. The molecule has 0 amide bonds. The summed E-state index contributed by atoms with van der Waals surface area (Å²) < 4.78 is 0. The molecular weight excluding hydrogens is 520 g/mol. The molecule has 2 nitrogen and oxygen atoms in total. The van der Waals surface area contributed by atoms with Crippen molar-refractivity contribution in [1.29, 1.82) is 0 Å². The minimum Gasteiger partial charge on any atom is -0.321 e. The van der Waals surface area contributed by atoms with Gasteiger partial charge in [-0.25, -0.2) is 0 Å². The van der Waals surface area contributed by atoms with Crippen molar-refractivity contribution >= 4 is 34.4 Å². The molecule has 0 spiro atoms. The van der Waals surface area contributed by atoms with Gasteiger partial charge < -0.3 is 4.90 Å². The molecular formula is C41H38N2. The number of rotatable bonds is 4. The summed E-state index contributed by atoms with van der Waals surface area (Å²) in [4.78, 5) is 7.90. The molecule has 212 valence electrons. The number of fused-ring (bicyclic) bond motifs is 3. The molecule has 0 N–H and O–H groups in total. The van der Waals surface area contributed by atoms with E-state index in [2.05, 4.69) is 127 Å². The number of benzene rings is 4. The molecule has 0 radical (unpaired) electrons. The van der Waals surface area contributed by atoms with Crippen LogP contribution in [0.2, 0.25) is 0 Å². The maximum Gasteiger partial charge on any atom is 0.135 e. The van der Waals surface area contributed by atoms with E-state index in [1.165, 1.54) is 60.3 Å². The minimum absolute atomic E-state index is 0.343. The Hall–Kier alpha value is -4.43. The molecule has 4 aromatic carbocycles. The fourth-order valence-electron chi connectivity index (χ4n) is 7.62. The Labute approximate surface area is 254 Å². The topological polar surface area (TPSA) is 15.6 Å². The van der Waals surface area contributed by atoms with Crippen molar-refractivity contribution in [2.24, 2.45) is 4.99 Å². The monoisotopic (exact) mass is 558 g/mol. The van der Waals surface area contributed by atoms with E-state index in [9.17, 15) is 0 Å². The van der Waals surface area contributed by atoms with E-state index < -0.39 is 0 Å². The van der Waals surface area contributed by atoms with Crippen LogP contribution in [0.1, 0.15) is 50.5 Å². The van der Waals surface area contributed by atoms with Gasteiger partial charge in [0.05, 0.1) is 12.1 Å². The molecule has 2 unspecified atom stereocenters. The van der Waals surface area contributed by atoms with Crippen molar-refractivity contribution < 1.29 is 0 Å². The van der Waals surface area contributed by atoms with Gasteiger partial charge in [-0.2, -0.15) is 0 Å². The van der Waals surface area contributed by atoms with E-state index in [-0.39, 0.29) is 0 Å². The van der Waals surface area contributed by atoms with E-state index in [1.54, 1.807) is 0 Å². The summed E-state index contributed by atoms with van der Waals surface area (Å²) in [5, 5.41) is 5.43. The van der Waals surface area contributed by atoms with Gasteiger partial charge in [-0.3, -0.25) is 4.99 Å². The Morgan fingerprint density at radius 2 is 1.42 bits per heavy atom. The summed E-state index contributed by atoms with van der Waals surface area (Å²) in [5.74, 6) is 1.16. The fraction of sp³-hybridized carbons (Fsp3) is 0.244. The summed E-state index contributed by atoms with van der Waals surface area (Å²) in [6.07, 6.45) is 24.3. The number of amidine groups is 1. The lowest BCUT2D eigenvalue weighted by molar-refractivity contribution is 0.543. The third-order valence-electron chi connectivity index (χ3n) is 9.62. The molecule has 8 rings (SSSR count). The zero-order valence-corrected chi connectivity index (χ0v) is 25.0. The lowest BCUT2D eigenvalue weighted by Gasteiger charge is -2.30. The first-order valence-electron chi connectivity index (χ1n) is 16.1. The highest BCUT2D eigenvalue weighted by Crippen LogP contribution is 2.37. The zero-order valence-electron chi connectivity index (χ0n) is 25.0. The predicted molar refractivity (Wildman–Crippen MR) is 184 cm³/mol. The van der Waals surface area contributed by atoms with E-state index in [0.29, 0.717) is 12.1 Å². The van der Waals surface area contributed by atoms with Gasteiger partial charge >= 0.3 is 0 Å². The SMILES string of the molecule is Cc1ccc2c(-c3ccccc3)c3c(c(-c4ccc(N5C(C6=CCCC=C6)=NC6CCC=CCC65)cc4)c2c1)=CCCC=3. The number of aliphatic imine (C=N–C) groups is 1. The first kappa shape index (κ1) is 26.2. The molecule has 2 atom stereocenters. The van der Waals surface area contributed by atoms with Crippen LogP contribution < -0.4 is 15.3 Å². The second kappa shape index (κ2) is 11.0. The molecule has 3 aliphatic carbocycles. The van der Waals surface area contributed by atoms with Gasteiger partial charge in [-0.15, -0.1) is 0 Å². The molecule has 4 aliphatic rings. The fourth-order valence-corrected chi connectivity index (χ4v) is 7.62. The van der Waals surface area contributed by atoms with E-state index in [1.807, 2.05) is 0 Å².